The van der Waals surface area contributed by atoms with E-state index in [9.17, 15) is 19.5 Å². The molecule has 6 heteroatoms. The number of hydrogen-bond donors (Lipinski definition) is 2. The van der Waals surface area contributed by atoms with Crippen molar-refractivity contribution in [3.8, 4) is 0 Å². The van der Waals surface area contributed by atoms with Gasteiger partial charge in [-0.1, -0.05) is 45.7 Å². The maximum absolute atomic E-state index is 12.2. The zero-order valence-corrected chi connectivity index (χ0v) is 15.4. The van der Waals surface area contributed by atoms with Gasteiger partial charge in [0.05, 0.1) is 0 Å². The molecule has 0 aliphatic heterocycles. The van der Waals surface area contributed by atoms with E-state index in [4.69, 9.17) is 0 Å². The van der Waals surface area contributed by atoms with E-state index >= 15 is 0 Å². The minimum absolute atomic E-state index is 0.0574. The molecule has 2 amide bonds. The monoisotopic (exact) mass is 348 g/mol. The summed E-state index contributed by atoms with van der Waals surface area (Å²) in [6.07, 6.45) is 2.03. The van der Waals surface area contributed by atoms with E-state index in [0.717, 1.165) is 18.4 Å². The Hall–Kier alpha value is -2.37. The van der Waals surface area contributed by atoms with Crippen molar-refractivity contribution in [2.45, 2.75) is 52.6 Å². The quantitative estimate of drug-likeness (QED) is 0.718. The Balaban J connectivity index is 2.70. The summed E-state index contributed by atoms with van der Waals surface area (Å²) in [5, 5.41) is 11.7. The molecule has 1 aromatic rings. The van der Waals surface area contributed by atoms with Crippen molar-refractivity contribution < 1.29 is 19.5 Å². The molecule has 0 bridgehead atoms. The number of unbranched alkanes of at least 4 members (excludes halogenated alkanes) is 1. The zero-order chi connectivity index (χ0) is 19.0. The largest absolute Gasteiger partial charge is 0.480 e. The van der Waals surface area contributed by atoms with Crippen molar-refractivity contribution in [3.05, 3.63) is 35.4 Å². The number of carbonyl (C=O) groups excluding carboxylic acids is 2. The number of amides is 2. The molecule has 0 saturated carbocycles. The van der Waals surface area contributed by atoms with Gasteiger partial charge < -0.3 is 15.3 Å². The number of carboxylic acid groups (broad SMARTS) is 1. The molecule has 138 valence electrons. The van der Waals surface area contributed by atoms with Crippen LogP contribution in [0.5, 0.6) is 0 Å². The minimum Gasteiger partial charge on any atom is -0.480 e. The third-order valence-electron chi connectivity index (χ3n) is 3.96. The van der Waals surface area contributed by atoms with Gasteiger partial charge in [0.25, 0.3) is 5.91 Å². The van der Waals surface area contributed by atoms with Crippen molar-refractivity contribution in [2.75, 3.05) is 7.05 Å². The second-order valence-electron chi connectivity index (χ2n) is 6.55. The number of carboxylic acids is 1. The molecule has 25 heavy (non-hydrogen) atoms. The van der Waals surface area contributed by atoms with Crippen LogP contribution in [-0.2, 0) is 16.1 Å². The number of hydrogen-bond acceptors (Lipinski definition) is 3. The maximum Gasteiger partial charge on any atom is 0.326 e. The summed E-state index contributed by atoms with van der Waals surface area (Å²) in [5.74, 6) is -1.43. The highest BCUT2D eigenvalue weighted by Crippen LogP contribution is 2.10. The smallest absolute Gasteiger partial charge is 0.326 e. The molecule has 0 aromatic heterocycles. The van der Waals surface area contributed by atoms with E-state index in [2.05, 4.69) is 5.32 Å². The Kier molecular flexibility index (Phi) is 8.11. The van der Waals surface area contributed by atoms with Crippen LogP contribution in [0.15, 0.2) is 24.3 Å². The molecule has 0 fully saturated rings. The molecule has 0 aliphatic carbocycles. The molecular weight excluding hydrogens is 320 g/mol. The molecule has 0 radical (unpaired) electrons. The van der Waals surface area contributed by atoms with Crippen molar-refractivity contribution >= 4 is 17.8 Å². The highest BCUT2D eigenvalue weighted by Gasteiger charge is 2.20. The first-order valence-corrected chi connectivity index (χ1v) is 8.63. The third-order valence-corrected chi connectivity index (χ3v) is 3.96. The van der Waals surface area contributed by atoms with Gasteiger partial charge in [-0.05, 0) is 24.1 Å². The van der Waals surface area contributed by atoms with Crippen LogP contribution in [0.3, 0.4) is 0 Å². The van der Waals surface area contributed by atoms with Gasteiger partial charge in [0, 0.05) is 25.1 Å². The van der Waals surface area contributed by atoms with Gasteiger partial charge in [-0.3, -0.25) is 9.59 Å². The van der Waals surface area contributed by atoms with Crippen molar-refractivity contribution in [1.82, 2.24) is 10.2 Å². The first kappa shape index (κ1) is 20.7. The molecule has 0 heterocycles. The van der Waals surface area contributed by atoms with Crippen LogP contribution in [0, 0.1) is 5.92 Å². The molecule has 0 spiro atoms. The fourth-order valence-corrected chi connectivity index (χ4v) is 2.46. The lowest BCUT2D eigenvalue weighted by atomic mass is 10.1. The van der Waals surface area contributed by atoms with Gasteiger partial charge in [0.15, 0.2) is 0 Å². The second-order valence-corrected chi connectivity index (χ2v) is 6.55. The lowest BCUT2D eigenvalue weighted by Gasteiger charge is -2.19. The van der Waals surface area contributed by atoms with Crippen LogP contribution < -0.4 is 5.32 Å². The van der Waals surface area contributed by atoms with Crippen molar-refractivity contribution in [1.29, 1.82) is 0 Å². The molecule has 2 N–H and O–H groups in total. The first-order chi connectivity index (χ1) is 11.8. The number of benzene rings is 1. The standard InChI is InChI=1S/C19H28N2O4/c1-5-6-7-16(19(24)25)20-17(22)15-10-8-14(9-11-15)12-21(4)18(23)13(2)3/h8-11,13,16H,5-7,12H2,1-4H3,(H,20,22)(H,24,25)/t16-/m0/s1. The summed E-state index contributed by atoms with van der Waals surface area (Å²) < 4.78 is 0. The van der Waals surface area contributed by atoms with Crippen molar-refractivity contribution in [3.63, 3.8) is 0 Å². The summed E-state index contributed by atoms with van der Waals surface area (Å²) in [7, 11) is 1.74. The number of rotatable bonds is 9. The summed E-state index contributed by atoms with van der Waals surface area (Å²) in [4.78, 5) is 37.0. The highest BCUT2D eigenvalue weighted by atomic mass is 16.4. The van der Waals surface area contributed by atoms with Gasteiger partial charge in [-0.2, -0.15) is 0 Å². The van der Waals surface area contributed by atoms with Crippen LogP contribution in [-0.4, -0.2) is 40.9 Å². The van der Waals surface area contributed by atoms with Gasteiger partial charge in [0.1, 0.15) is 6.04 Å². The Morgan fingerprint density at radius 3 is 2.24 bits per heavy atom. The number of aliphatic carboxylic acids is 1. The number of nitrogens with one attached hydrogen (secondary N) is 1. The highest BCUT2D eigenvalue weighted by molar-refractivity contribution is 5.96. The molecule has 6 nitrogen and oxygen atoms in total. The van der Waals surface area contributed by atoms with Crippen molar-refractivity contribution in [2.24, 2.45) is 5.92 Å². The number of nitrogens with zero attached hydrogens (tertiary/aromatic N) is 1. The van der Waals surface area contributed by atoms with E-state index in [0.29, 0.717) is 18.5 Å². The van der Waals surface area contributed by atoms with Crippen LogP contribution in [0.25, 0.3) is 0 Å². The third kappa shape index (κ3) is 6.57. The lowest BCUT2D eigenvalue weighted by Crippen LogP contribution is -2.40. The Morgan fingerprint density at radius 1 is 1.16 bits per heavy atom. The van der Waals surface area contributed by atoms with E-state index in [1.54, 1.807) is 36.2 Å². The van der Waals surface area contributed by atoms with Gasteiger partial charge >= 0.3 is 5.97 Å². The molecule has 1 rings (SSSR count). The maximum atomic E-state index is 12.2. The van der Waals surface area contributed by atoms with E-state index in [1.165, 1.54) is 0 Å². The lowest BCUT2D eigenvalue weighted by molar-refractivity contribution is -0.139. The van der Waals surface area contributed by atoms with Crippen LogP contribution >= 0.6 is 0 Å². The molecule has 0 aliphatic rings. The van der Waals surface area contributed by atoms with Gasteiger partial charge in [0.2, 0.25) is 5.91 Å². The first-order valence-electron chi connectivity index (χ1n) is 8.63. The Bertz CT molecular complexity index is 596. The Morgan fingerprint density at radius 2 is 1.76 bits per heavy atom. The molecule has 1 atom stereocenters. The minimum atomic E-state index is -1.02. The number of carbonyl (C=O) groups is 3. The molecule has 0 unspecified atom stereocenters. The van der Waals surface area contributed by atoms with E-state index in [1.807, 2.05) is 20.8 Å². The van der Waals surface area contributed by atoms with E-state index < -0.39 is 17.9 Å². The van der Waals surface area contributed by atoms with Gasteiger partial charge in [-0.15, -0.1) is 0 Å². The Labute approximate surface area is 149 Å². The topological polar surface area (TPSA) is 86.7 Å². The molecule has 0 saturated heterocycles. The summed E-state index contributed by atoms with van der Waals surface area (Å²) in [5.41, 5.74) is 1.32. The summed E-state index contributed by atoms with van der Waals surface area (Å²) in [6.45, 7) is 6.14. The predicted octanol–water partition coefficient (Wildman–Crippen LogP) is 2.67. The average Bonchev–Trinajstić information content (AvgIpc) is 2.57. The summed E-state index contributed by atoms with van der Waals surface area (Å²) >= 11 is 0. The fraction of sp³-hybridized carbons (Fsp3) is 0.526. The molecule has 1 aromatic carbocycles. The van der Waals surface area contributed by atoms with Crippen LogP contribution in [0.4, 0.5) is 0 Å². The van der Waals surface area contributed by atoms with Crippen LogP contribution in [0.2, 0.25) is 0 Å². The zero-order valence-electron chi connectivity index (χ0n) is 15.4. The van der Waals surface area contributed by atoms with Gasteiger partial charge in [-0.25, -0.2) is 4.79 Å². The van der Waals surface area contributed by atoms with Crippen LogP contribution in [0.1, 0.15) is 56.0 Å². The average molecular weight is 348 g/mol. The summed E-state index contributed by atoms with van der Waals surface area (Å²) in [6, 6.07) is 5.98. The normalized spacial score (nSPS) is 11.9. The second kappa shape index (κ2) is 9.81. The SMILES string of the molecule is CCCC[C@H](NC(=O)c1ccc(CN(C)C(=O)C(C)C)cc1)C(=O)O. The molecular formula is C19H28N2O4. The van der Waals surface area contributed by atoms with E-state index in [-0.39, 0.29) is 11.8 Å². The predicted molar refractivity (Wildman–Crippen MR) is 96.2 cm³/mol. The fourth-order valence-electron chi connectivity index (χ4n) is 2.46.